The van der Waals surface area contributed by atoms with Gasteiger partial charge in [0.1, 0.15) is 18.0 Å². The Hall–Kier alpha value is -4.30. The van der Waals surface area contributed by atoms with Crippen molar-refractivity contribution in [2.75, 3.05) is 41.8 Å². The van der Waals surface area contributed by atoms with Crippen molar-refractivity contribution in [1.29, 1.82) is 0 Å². The van der Waals surface area contributed by atoms with Gasteiger partial charge in [-0.25, -0.2) is 14.4 Å². The molecule has 0 saturated carbocycles. The van der Waals surface area contributed by atoms with Gasteiger partial charge in [-0.2, -0.15) is 0 Å². The third-order valence-electron chi connectivity index (χ3n) is 5.69. The largest absolute Gasteiger partial charge is 0.378 e. The number of halogens is 1. The normalized spacial score (nSPS) is 13.3. The lowest BCUT2D eigenvalue weighted by molar-refractivity contribution is 0.102. The van der Waals surface area contributed by atoms with Gasteiger partial charge in [0.2, 0.25) is 0 Å². The Balaban J connectivity index is 1.26. The van der Waals surface area contributed by atoms with Gasteiger partial charge in [0.25, 0.3) is 5.91 Å². The van der Waals surface area contributed by atoms with E-state index in [2.05, 4.69) is 25.5 Å². The van der Waals surface area contributed by atoms with Crippen LogP contribution >= 0.6 is 0 Å². The van der Waals surface area contributed by atoms with Crippen LogP contribution in [0.1, 0.15) is 10.4 Å². The van der Waals surface area contributed by atoms with Crippen LogP contribution < -0.4 is 15.5 Å². The van der Waals surface area contributed by atoms with E-state index in [-0.39, 0.29) is 11.7 Å². The zero-order chi connectivity index (χ0) is 24.0. The van der Waals surface area contributed by atoms with E-state index in [0.29, 0.717) is 28.3 Å². The van der Waals surface area contributed by atoms with Gasteiger partial charge in [0.15, 0.2) is 0 Å². The van der Waals surface area contributed by atoms with Crippen molar-refractivity contribution in [2.45, 2.75) is 0 Å². The van der Waals surface area contributed by atoms with Gasteiger partial charge in [-0.3, -0.25) is 4.79 Å². The summed E-state index contributed by atoms with van der Waals surface area (Å²) in [7, 11) is 0. The number of benzene rings is 3. The van der Waals surface area contributed by atoms with E-state index < -0.39 is 0 Å². The van der Waals surface area contributed by atoms with Crippen molar-refractivity contribution in [3.63, 3.8) is 0 Å². The number of hydrogen-bond acceptors (Lipinski definition) is 6. The van der Waals surface area contributed by atoms with Crippen LogP contribution in [0.2, 0.25) is 0 Å². The molecule has 0 atom stereocenters. The molecule has 0 bridgehead atoms. The topological polar surface area (TPSA) is 79.4 Å². The number of anilines is 4. The third kappa shape index (κ3) is 5.62. The zero-order valence-corrected chi connectivity index (χ0v) is 18.9. The Morgan fingerprint density at radius 2 is 1.69 bits per heavy atom. The maximum absolute atomic E-state index is 13.6. The lowest BCUT2D eigenvalue weighted by Crippen LogP contribution is -2.36. The molecule has 1 saturated heterocycles. The molecule has 1 aliphatic rings. The van der Waals surface area contributed by atoms with Gasteiger partial charge in [0, 0.05) is 47.3 Å². The van der Waals surface area contributed by atoms with Crippen LogP contribution in [0, 0.1) is 5.82 Å². The highest BCUT2D eigenvalue weighted by molar-refractivity contribution is 6.05. The Morgan fingerprint density at radius 3 is 2.49 bits per heavy atom. The van der Waals surface area contributed by atoms with E-state index in [0.717, 1.165) is 37.7 Å². The molecule has 1 aliphatic heterocycles. The number of nitrogens with one attached hydrogen (secondary N) is 2. The molecule has 0 radical (unpaired) electrons. The van der Waals surface area contributed by atoms with Crippen molar-refractivity contribution < 1.29 is 13.9 Å². The minimum atomic E-state index is -0.329. The third-order valence-corrected chi connectivity index (χ3v) is 5.69. The summed E-state index contributed by atoms with van der Waals surface area (Å²) in [5.41, 5.74) is 4.29. The second-order valence-corrected chi connectivity index (χ2v) is 8.11. The SMILES string of the molecule is O=C(Nc1ccc(N2CCOCC2)cc1)c1cccc(Nc2cc(-c3cccc(F)c3)ncn2)c1. The lowest BCUT2D eigenvalue weighted by atomic mass is 10.1. The first-order valence-corrected chi connectivity index (χ1v) is 11.3. The van der Waals surface area contributed by atoms with Crippen molar-refractivity contribution >= 4 is 28.8 Å². The molecule has 1 fully saturated rings. The van der Waals surface area contributed by atoms with Crippen molar-refractivity contribution in [1.82, 2.24) is 9.97 Å². The van der Waals surface area contributed by atoms with Crippen molar-refractivity contribution in [3.05, 3.63) is 96.6 Å². The smallest absolute Gasteiger partial charge is 0.255 e. The van der Waals surface area contributed by atoms with Crippen LogP contribution in [-0.4, -0.2) is 42.2 Å². The standard InChI is InChI=1S/C27H24FN5O2/c28-21-5-1-3-19(15-21)25-17-26(30-18-29-25)31-23-6-2-4-20(16-23)27(34)32-22-7-9-24(10-8-22)33-11-13-35-14-12-33/h1-10,15-18H,11-14H2,(H,32,34)(H,29,30,31). The fourth-order valence-corrected chi connectivity index (χ4v) is 3.90. The van der Waals surface area contributed by atoms with Crippen LogP contribution in [0.4, 0.5) is 27.3 Å². The molecule has 0 spiro atoms. The summed E-state index contributed by atoms with van der Waals surface area (Å²) in [6.07, 6.45) is 1.42. The van der Waals surface area contributed by atoms with Crippen LogP contribution in [0.3, 0.4) is 0 Å². The predicted octanol–water partition coefficient (Wildman–Crippen LogP) is 5.12. The number of amides is 1. The van der Waals surface area contributed by atoms with E-state index in [4.69, 9.17) is 4.74 Å². The van der Waals surface area contributed by atoms with E-state index in [1.807, 2.05) is 30.3 Å². The molecule has 1 amide bonds. The minimum absolute atomic E-state index is 0.212. The fourth-order valence-electron chi connectivity index (χ4n) is 3.90. The molecule has 0 aliphatic carbocycles. The van der Waals surface area contributed by atoms with Gasteiger partial charge in [-0.15, -0.1) is 0 Å². The van der Waals surface area contributed by atoms with Crippen LogP contribution in [0.25, 0.3) is 11.3 Å². The van der Waals surface area contributed by atoms with Gasteiger partial charge in [-0.05, 0) is 54.6 Å². The molecule has 0 unspecified atom stereocenters. The fraction of sp³-hybridized carbons (Fsp3) is 0.148. The van der Waals surface area contributed by atoms with E-state index >= 15 is 0 Å². The summed E-state index contributed by atoms with van der Waals surface area (Å²) < 4.78 is 19.0. The van der Waals surface area contributed by atoms with E-state index in [1.54, 1.807) is 36.4 Å². The Morgan fingerprint density at radius 1 is 0.886 bits per heavy atom. The van der Waals surface area contributed by atoms with Gasteiger partial charge >= 0.3 is 0 Å². The van der Waals surface area contributed by atoms with Crippen molar-refractivity contribution in [3.8, 4) is 11.3 Å². The second kappa shape index (κ2) is 10.3. The molecule has 2 N–H and O–H groups in total. The molecule has 3 aromatic carbocycles. The highest BCUT2D eigenvalue weighted by Gasteiger charge is 2.12. The molecule has 8 heteroatoms. The molecule has 5 rings (SSSR count). The monoisotopic (exact) mass is 469 g/mol. The van der Waals surface area contributed by atoms with Gasteiger partial charge in [-0.1, -0.05) is 18.2 Å². The predicted molar refractivity (Wildman–Crippen MR) is 135 cm³/mol. The van der Waals surface area contributed by atoms with E-state index in [9.17, 15) is 9.18 Å². The number of carbonyl (C=O) groups excluding carboxylic acids is 1. The number of carbonyl (C=O) groups is 1. The number of hydrogen-bond donors (Lipinski definition) is 2. The molecular weight excluding hydrogens is 445 g/mol. The average molecular weight is 470 g/mol. The quantitative estimate of drug-likeness (QED) is 0.408. The summed E-state index contributed by atoms with van der Waals surface area (Å²) in [6.45, 7) is 3.18. The highest BCUT2D eigenvalue weighted by Crippen LogP contribution is 2.23. The van der Waals surface area contributed by atoms with Gasteiger partial charge < -0.3 is 20.3 Å². The molecule has 4 aromatic rings. The second-order valence-electron chi connectivity index (χ2n) is 8.11. The molecule has 1 aromatic heterocycles. The maximum atomic E-state index is 13.6. The van der Waals surface area contributed by atoms with Crippen LogP contribution in [0.5, 0.6) is 0 Å². The summed E-state index contributed by atoms with van der Waals surface area (Å²) in [6, 6.07) is 22.9. The number of ether oxygens (including phenoxy) is 1. The number of rotatable bonds is 6. The summed E-state index contributed by atoms with van der Waals surface area (Å²) in [4.78, 5) is 23.6. The molecular formula is C27H24FN5O2. The first-order valence-electron chi connectivity index (χ1n) is 11.3. The Kier molecular flexibility index (Phi) is 6.63. The minimum Gasteiger partial charge on any atom is -0.378 e. The first-order chi connectivity index (χ1) is 17.1. The summed E-state index contributed by atoms with van der Waals surface area (Å²) in [5, 5.41) is 6.14. The number of nitrogens with zero attached hydrogens (tertiary/aromatic N) is 3. The van der Waals surface area contributed by atoms with Gasteiger partial charge in [0.05, 0.1) is 18.9 Å². The zero-order valence-electron chi connectivity index (χ0n) is 18.9. The van der Waals surface area contributed by atoms with E-state index in [1.165, 1.54) is 18.5 Å². The Bertz CT molecular complexity index is 1320. The lowest BCUT2D eigenvalue weighted by Gasteiger charge is -2.28. The number of aromatic nitrogens is 2. The number of morpholine rings is 1. The average Bonchev–Trinajstić information content (AvgIpc) is 2.90. The highest BCUT2D eigenvalue weighted by atomic mass is 19.1. The first kappa shape index (κ1) is 22.5. The summed E-state index contributed by atoms with van der Waals surface area (Å²) >= 11 is 0. The van der Waals surface area contributed by atoms with Crippen LogP contribution in [0.15, 0.2) is 85.2 Å². The summed E-state index contributed by atoms with van der Waals surface area (Å²) in [5.74, 6) is -0.00324. The van der Waals surface area contributed by atoms with Crippen LogP contribution in [-0.2, 0) is 4.74 Å². The molecule has 7 nitrogen and oxygen atoms in total. The molecule has 35 heavy (non-hydrogen) atoms. The molecule has 176 valence electrons. The van der Waals surface area contributed by atoms with Crippen molar-refractivity contribution in [2.24, 2.45) is 0 Å². The Labute approximate surface area is 202 Å². The maximum Gasteiger partial charge on any atom is 0.255 e. The molecule has 2 heterocycles.